The smallest absolute Gasteiger partial charge is 0.211 e. The lowest BCUT2D eigenvalue weighted by molar-refractivity contribution is 0.336. The summed E-state index contributed by atoms with van der Waals surface area (Å²) in [6.07, 6.45) is 8.82. The van der Waals surface area contributed by atoms with Gasteiger partial charge in [-0.2, -0.15) is 5.26 Å². The van der Waals surface area contributed by atoms with Gasteiger partial charge in [-0.15, -0.1) is 10.2 Å². The Bertz CT molecular complexity index is 444. The van der Waals surface area contributed by atoms with Gasteiger partial charge in [-0.25, -0.2) is 4.68 Å². The molecule has 0 unspecified atom stereocenters. The lowest BCUT2D eigenvalue weighted by Gasteiger charge is -2.20. The number of aryl methyl sites for hydroxylation is 1. The molecule has 1 aromatic heterocycles. The second kappa shape index (κ2) is 6.80. The van der Waals surface area contributed by atoms with Gasteiger partial charge < -0.3 is 5.84 Å². The molecule has 2 rings (SSSR count). The number of rotatable bonds is 5. The van der Waals surface area contributed by atoms with E-state index >= 15 is 0 Å². The number of thioether (sulfide) groups is 1. The van der Waals surface area contributed by atoms with Gasteiger partial charge in [0.15, 0.2) is 5.82 Å². The third kappa shape index (κ3) is 3.87. The summed E-state index contributed by atoms with van der Waals surface area (Å²) >= 11 is 1.36. The molecule has 2 N–H and O–H groups in total. The molecule has 0 spiro atoms. The Morgan fingerprint density at radius 1 is 1.42 bits per heavy atom. The van der Waals surface area contributed by atoms with Gasteiger partial charge >= 0.3 is 0 Å². The molecule has 0 radical (unpaired) electrons. The van der Waals surface area contributed by atoms with Crippen LogP contribution in [0.3, 0.4) is 0 Å². The molecule has 1 saturated carbocycles. The van der Waals surface area contributed by atoms with Crippen molar-refractivity contribution in [2.45, 2.75) is 62.3 Å². The third-order valence-corrected chi connectivity index (χ3v) is 4.65. The van der Waals surface area contributed by atoms with Crippen LogP contribution < -0.4 is 5.84 Å². The summed E-state index contributed by atoms with van der Waals surface area (Å²) in [5.41, 5.74) is 0. The highest BCUT2D eigenvalue weighted by Gasteiger charge is 2.17. The number of aromatic nitrogens is 3. The molecule has 0 bridgehead atoms. The van der Waals surface area contributed by atoms with Crippen LogP contribution in [-0.4, -0.2) is 20.1 Å². The van der Waals surface area contributed by atoms with Crippen molar-refractivity contribution in [2.75, 3.05) is 5.84 Å². The SMILES string of the molecule is C[C@H](C#N)Sc1nnc(CCC2CCCCC2)n1N. The molecule has 1 fully saturated rings. The predicted octanol–water partition coefficient (Wildman–Crippen LogP) is 2.51. The van der Waals surface area contributed by atoms with E-state index in [0.29, 0.717) is 5.16 Å². The molecule has 1 heterocycles. The molecule has 19 heavy (non-hydrogen) atoms. The van der Waals surface area contributed by atoms with Crippen LogP contribution in [0.4, 0.5) is 0 Å². The van der Waals surface area contributed by atoms with Crippen molar-refractivity contribution in [3.63, 3.8) is 0 Å². The molecule has 0 saturated heterocycles. The van der Waals surface area contributed by atoms with Crippen molar-refractivity contribution < 1.29 is 0 Å². The molecule has 1 aliphatic carbocycles. The normalized spacial score (nSPS) is 18.1. The Morgan fingerprint density at radius 2 is 2.16 bits per heavy atom. The number of nitrogens with two attached hydrogens (primary N) is 1. The maximum Gasteiger partial charge on any atom is 0.211 e. The summed E-state index contributed by atoms with van der Waals surface area (Å²) in [6, 6.07) is 2.16. The number of nitrogen functional groups attached to an aromatic ring is 1. The minimum atomic E-state index is -0.155. The van der Waals surface area contributed by atoms with Gasteiger partial charge in [0.2, 0.25) is 5.16 Å². The highest BCUT2D eigenvalue weighted by molar-refractivity contribution is 8.00. The zero-order valence-corrected chi connectivity index (χ0v) is 12.2. The molecular weight excluding hydrogens is 258 g/mol. The molecule has 0 aliphatic heterocycles. The van der Waals surface area contributed by atoms with E-state index in [9.17, 15) is 0 Å². The van der Waals surface area contributed by atoms with Crippen LogP contribution in [0.1, 0.15) is 51.3 Å². The minimum Gasteiger partial charge on any atom is -0.336 e. The van der Waals surface area contributed by atoms with Crippen LogP contribution in [0.5, 0.6) is 0 Å². The van der Waals surface area contributed by atoms with Crippen LogP contribution in [0.2, 0.25) is 0 Å². The zero-order chi connectivity index (χ0) is 13.7. The fourth-order valence-corrected chi connectivity index (χ4v) is 3.23. The average Bonchev–Trinajstić information content (AvgIpc) is 2.78. The van der Waals surface area contributed by atoms with E-state index in [0.717, 1.165) is 24.6 Å². The Labute approximate surface area is 118 Å². The lowest BCUT2D eigenvalue weighted by atomic mass is 9.86. The van der Waals surface area contributed by atoms with Gasteiger partial charge in [0, 0.05) is 6.42 Å². The summed E-state index contributed by atoms with van der Waals surface area (Å²) < 4.78 is 1.54. The second-order valence-electron chi connectivity index (χ2n) is 5.20. The first kappa shape index (κ1) is 14.2. The van der Waals surface area contributed by atoms with Gasteiger partial charge in [0.05, 0.1) is 11.3 Å². The van der Waals surface area contributed by atoms with Crippen molar-refractivity contribution in [1.29, 1.82) is 5.26 Å². The Balaban J connectivity index is 1.88. The first-order chi connectivity index (χ1) is 9.20. The van der Waals surface area contributed by atoms with Crippen molar-refractivity contribution >= 4 is 11.8 Å². The van der Waals surface area contributed by atoms with Gasteiger partial charge in [-0.3, -0.25) is 0 Å². The Morgan fingerprint density at radius 3 is 2.84 bits per heavy atom. The molecule has 5 nitrogen and oxygen atoms in total. The molecule has 1 atom stereocenters. The Kier molecular flexibility index (Phi) is 5.08. The number of hydrogen-bond acceptors (Lipinski definition) is 5. The summed E-state index contributed by atoms with van der Waals surface area (Å²) in [4.78, 5) is 0. The van der Waals surface area contributed by atoms with Crippen molar-refractivity contribution in [3.8, 4) is 6.07 Å². The first-order valence-corrected chi connectivity index (χ1v) is 7.84. The fourth-order valence-electron chi connectivity index (χ4n) is 2.55. The van der Waals surface area contributed by atoms with E-state index in [1.54, 1.807) is 4.68 Å². The van der Waals surface area contributed by atoms with E-state index < -0.39 is 0 Å². The van der Waals surface area contributed by atoms with Crippen LogP contribution in [-0.2, 0) is 6.42 Å². The first-order valence-electron chi connectivity index (χ1n) is 6.96. The summed E-state index contributed by atoms with van der Waals surface area (Å²) in [7, 11) is 0. The maximum atomic E-state index is 8.80. The third-order valence-electron chi connectivity index (χ3n) is 3.70. The van der Waals surface area contributed by atoms with Crippen molar-refractivity contribution in [3.05, 3.63) is 5.82 Å². The molecule has 1 aliphatic rings. The van der Waals surface area contributed by atoms with E-state index in [2.05, 4.69) is 16.3 Å². The van der Waals surface area contributed by atoms with E-state index in [1.807, 2.05) is 6.92 Å². The summed E-state index contributed by atoms with van der Waals surface area (Å²) in [5.74, 6) is 7.63. The number of hydrogen-bond donors (Lipinski definition) is 1. The lowest BCUT2D eigenvalue weighted by Crippen LogP contribution is -2.16. The van der Waals surface area contributed by atoms with Crippen molar-refractivity contribution in [2.24, 2.45) is 5.92 Å². The van der Waals surface area contributed by atoms with Crippen LogP contribution >= 0.6 is 11.8 Å². The molecule has 0 aromatic carbocycles. The number of nitriles is 1. The monoisotopic (exact) mass is 279 g/mol. The van der Waals surface area contributed by atoms with Crippen LogP contribution in [0.25, 0.3) is 0 Å². The molecule has 1 aromatic rings. The Hall–Kier alpha value is -1.22. The molecule has 0 amide bonds. The highest BCUT2D eigenvalue weighted by atomic mass is 32.2. The molecular formula is C13H21N5S. The second-order valence-corrected chi connectivity index (χ2v) is 6.51. The van der Waals surface area contributed by atoms with E-state index in [1.165, 1.54) is 43.9 Å². The van der Waals surface area contributed by atoms with Crippen molar-refractivity contribution in [1.82, 2.24) is 14.9 Å². The zero-order valence-electron chi connectivity index (χ0n) is 11.4. The summed E-state index contributed by atoms with van der Waals surface area (Å²) in [6.45, 7) is 1.83. The quantitative estimate of drug-likeness (QED) is 0.661. The van der Waals surface area contributed by atoms with Gasteiger partial charge in [-0.05, 0) is 19.3 Å². The summed E-state index contributed by atoms with van der Waals surface area (Å²) in [5, 5.41) is 17.5. The average molecular weight is 279 g/mol. The van der Waals surface area contributed by atoms with E-state index in [-0.39, 0.29) is 5.25 Å². The molecule has 104 valence electrons. The number of nitrogens with zero attached hydrogens (tertiary/aromatic N) is 4. The van der Waals surface area contributed by atoms with E-state index in [4.69, 9.17) is 11.1 Å². The fraction of sp³-hybridized carbons (Fsp3) is 0.769. The van der Waals surface area contributed by atoms with Gasteiger partial charge in [0.1, 0.15) is 0 Å². The predicted molar refractivity (Wildman–Crippen MR) is 76.0 cm³/mol. The van der Waals surface area contributed by atoms with Gasteiger partial charge in [-0.1, -0.05) is 43.9 Å². The minimum absolute atomic E-state index is 0.155. The van der Waals surface area contributed by atoms with Gasteiger partial charge in [0.25, 0.3) is 0 Å². The maximum absolute atomic E-state index is 8.80. The molecule has 6 heteroatoms. The standard InChI is InChI=1S/C13H21N5S/c1-10(9-14)19-13-17-16-12(18(13)15)8-7-11-5-3-2-4-6-11/h10-11H,2-8,15H2,1H3/t10-/m1/s1. The van der Waals surface area contributed by atoms with Crippen LogP contribution in [0.15, 0.2) is 5.16 Å². The largest absolute Gasteiger partial charge is 0.336 e. The van der Waals surface area contributed by atoms with Crippen LogP contribution in [0, 0.1) is 17.2 Å². The highest BCUT2D eigenvalue weighted by Crippen LogP contribution is 2.27. The topological polar surface area (TPSA) is 80.5 Å².